The second-order valence-electron chi connectivity index (χ2n) is 5.14. The Balaban J connectivity index is 1.86. The Morgan fingerprint density at radius 3 is 2.68 bits per heavy atom. The van der Waals surface area contributed by atoms with Gasteiger partial charge in [0.25, 0.3) is 5.91 Å². The van der Waals surface area contributed by atoms with Crippen molar-refractivity contribution in [3.8, 4) is 5.75 Å². The molecule has 118 valence electrons. The summed E-state index contributed by atoms with van der Waals surface area (Å²) in [5.74, 6) is 2.00. The van der Waals surface area contributed by atoms with Gasteiger partial charge in [0.1, 0.15) is 5.75 Å². The van der Waals surface area contributed by atoms with Crippen molar-refractivity contribution in [3.05, 3.63) is 30.3 Å². The molecule has 5 nitrogen and oxygen atoms in total. The molecule has 0 bridgehead atoms. The highest BCUT2D eigenvalue weighted by Crippen LogP contribution is 2.27. The van der Waals surface area contributed by atoms with E-state index in [1.165, 1.54) is 11.3 Å². The molecule has 0 saturated carbocycles. The lowest BCUT2D eigenvalue weighted by molar-refractivity contribution is -0.122. The molecule has 1 aromatic carbocycles. The molecule has 1 atom stereocenters. The van der Waals surface area contributed by atoms with Crippen LogP contribution in [-0.2, 0) is 4.79 Å². The number of anilines is 1. The third kappa shape index (κ3) is 5.31. The van der Waals surface area contributed by atoms with Gasteiger partial charge in [0, 0.05) is 5.75 Å². The molecule has 0 spiro atoms. The van der Waals surface area contributed by atoms with Crippen LogP contribution in [-0.4, -0.2) is 28.0 Å². The molecule has 1 aromatic heterocycles. The van der Waals surface area contributed by atoms with Crippen LogP contribution in [0.25, 0.3) is 0 Å². The zero-order chi connectivity index (χ0) is 15.9. The van der Waals surface area contributed by atoms with Crippen molar-refractivity contribution >= 4 is 34.1 Å². The Bertz CT molecular complexity index is 602. The summed E-state index contributed by atoms with van der Waals surface area (Å²) in [6, 6.07) is 9.26. The van der Waals surface area contributed by atoms with Gasteiger partial charge >= 0.3 is 0 Å². The van der Waals surface area contributed by atoms with Crippen molar-refractivity contribution in [3.63, 3.8) is 0 Å². The Kier molecular flexibility index (Phi) is 6.21. The fourth-order valence-corrected chi connectivity index (χ4v) is 3.25. The highest BCUT2D eigenvalue weighted by Gasteiger charge is 2.17. The molecule has 7 heteroatoms. The first-order valence-corrected chi connectivity index (χ1v) is 8.83. The van der Waals surface area contributed by atoms with Gasteiger partial charge in [-0.15, -0.1) is 10.2 Å². The number of nitrogens with zero attached hydrogens (tertiary/aromatic N) is 2. The molecule has 2 aromatic rings. The summed E-state index contributed by atoms with van der Waals surface area (Å²) in [7, 11) is 0. The van der Waals surface area contributed by atoms with Crippen LogP contribution in [0.2, 0.25) is 0 Å². The van der Waals surface area contributed by atoms with Gasteiger partial charge < -0.3 is 4.74 Å². The van der Waals surface area contributed by atoms with E-state index in [-0.39, 0.29) is 5.91 Å². The third-order valence-electron chi connectivity index (χ3n) is 2.60. The van der Waals surface area contributed by atoms with E-state index in [2.05, 4.69) is 29.4 Å². The average molecular weight is 337 g/mol. The molecule has 1 heterocycles. The van der Waals surface area contributed by atoms with E-state index in [0.717, 1.165) is 10.1 Å². The van der Waals surface area contributed by atoms with E-state index in [4.69, 9.17) is 4.74 Å². The van der Waals surface area contributed by atoms with Crippen molar-refractivity contribution in [1.82, 2.24) is 10.2 Å². The molecule has 1 amide bonds. The highest BCUT2D eigenvalue weighted by atomic mass is 32.2. The van der Waals surface area contributed by atoms with Crippen molar-refractivity contribution in [2.24, 2.45) is 5.92 Å². The number of carbonyl (C=O) groups excluding carboxylic acids is 1. The Hall–Kier alpha value is -1.60. The Morgan fingerprint density at radius 2 is 2.00 bits per heavy atom. The molecule has 0 aliphatic carbocycles. The van der Waals surface area contributed by atoms with E-state index >= 15 is 0 Å². The first-order chi connectivity index (χ1) is 10.5. The molecule has 22 heavy (non-hydrogen) atoms. The number of rotatable bonds is 7. The summed E-state index contributed by atoms with van der Waals surface area (Å²) in [4.78, 5) is 12.1. The predicted octanol–water partition coefficient (Wildman–Crippen LogP) is 3.69. The third-order valence-corrected chi connectivity index (χ3v) is 5.00. The van der Waals surface area contributed by atoms with Crippen LogP contribution in [0.5, 0.6) is 5.75 Å². The van der Waals surface area contributed by atoms with Crippen LogP contribution < -0.4 is 10.1 Å². The molecule has 2 rings (SSSR count). The summed E-state index contributed by atoms with van der Waals surface area (Å²) < 4.78 is 6.43. The fraction of sp³-hybridized carbons (Fsp3) is 0.400. The van der Waals surface area contributed by atoms with Gasteiger partial charge in [-0.1, -0.05) is 55.1 Å². The maximum Gasteiger partial charge on any atom is 0.266 e. The summed E-state index contributed by atoms with van der Waals surface area (Å²) >= 11 is 3.03. The van der Waals surface area contributed by atoms with Crippen LogP contribution in [0.4, 0.5) is 5.13 Å². The van der Waals surface area contributed by atoms with Crippen molar-refractivity contribution in [2.75, 3.05) is 11.1 Å². The predicted molar refractivity (Wildman–Crippen MR) is 90.6 cm³/mol. The highest BCUT2D eigenvalue weighted by molar-refractivity contribution is 8.01. The SMILES string of the molecule is CC(C)CSc1nnc(NC(=O)C(C)Oc2ccccc2)s1. The lowest BCUT2D eigenvalue weighted by atomic mass is 10.3. The Morgan fingerprint density at radius 1 is 1.27 bits per heavy atom. The molecule has 1 N–H and O–H groups in total. The summed E-state index contributed by atoms with van der Waals surface area (Å²) in [6.45, 7) is 6.01. The molecule has 0 aliphatic rings. The van der Waals surface area contributed by atoms with E-state index in [1.54, 1.807) is 18.7 Å². The zero-order valence-electron chi connectivity index (χ0n) is 12.8. The number of aromatic nitrogens is 2. The second kappa shape index (κ2) is 8.14. The number of benzene rings is 1. The van der Waals surface area contributed by atoms with Crippen LogP contribution in [0, 0.1) is 5.92 Å². The molecular formula is C15H19N3O2S2. The minimum absolute atomic E-state index is 0.236. The fourth-order valence-electron chi connectivity index (χ4n) is 1.52. The van der Waals surface area contributed by atoms with Crippen LogP contribution in [0.15, 0.2) is 34.7 Å². The van der Waals surface area contributed by atoms with Gasteiger partial charge in [-0.3, -0.25) is 10.1 Å². The van der Waals surface area contributed by atoms with E-state index in [1.807, 2.05) is 30.3 Å². The van der Waals surface area contributed by atoms with Crippen molar-refractivity contribution in [2.45, 2.75) is 31.2 Å². The zero-order valence-corrected chi connectivity index (χ0v) is 14.4. The molecule has 0 aliphatic heterocycles. The number of amides is 1. The number of hydrogen-bond acceptors (Lipinski definition) is 6. The molecule has 0 saturated heterocycles. The van der Waals surface area contributed by atoms with Gasteiger partial charge in [0.2, 0.25) is 5.13 Å². The van der Waals surface area contributed by atoms with E-state index in [0.29, 0.717) is 16.8 Å². The number of para-hydroxylation sites is 1. The first-order valence-electron chi connectivity index (χ1n) is 7.03. The summed E-state index contributed by atoms with van der Waals surface area (Å²) in [5, 5.41) is 11.3. The maximum atomic E-state index is 12.1. The van der Waals surface area contributed by atoms with Crippen LogP contribution >= 0.6 is 23.1 Å². The Labute approximate surface area is 138 Å². The van der Waals surface area contributed by atoms with E-state index < -0.39 is 6.10 Å². The second-order valence-corrected chi connectivity index (χ2v) is 7.39. The minimum Gasteiger partial charge on any atom is -0.481 e. The standard InChI is InChI=1S/C15H19N3O2S2/c1-10(2)9-21-15-18-17-14(22-15)16-13(19)11(3)20-12-7-5-4-6-8-12/h4-8,10-11H,9H2,1-3H3,(H,16,17,19). The molecule has 0 radical (unpaired) electrons. The number of carbonyl (C=O) groups is 1. The monoisotopic (exact) mass is 337 g/mol. The number of ether oxygens (including phenoxy) is 1. The number of nitrogens with one attached hydrogen (secondary N) is 1. The number of thioether (sulfide) groups is 1. The van der Waals surface area contributed by atoms with Crippen LogP contribution in [0.3, 0.4) is 0 Å². The lowest BCUT2D eigenvalue weighted by Crippen LogP contribution is -2.30. The average Bonchev–Trinajstić information content (AvgIpc) is 2.93. The first kappa shape index (κ1) is 16.8. The molecular weight excluding hydrogens is 318 g/mol. The minimum atomic E-state index is -0.599. The lowest BCUT2D eigenvalue weighted by Gasteiger charge is -2.13. The molecule has 0 fully saturated rings. The van der Waals surface area contributed by atoms with Gasteiger partial charge in [0.05, 0.1) is 0 Å². The topological polar surface area (TPSA) is 64.1 Å². The van der Waals surface area contributed by atoms with Crippen molar-refractivity contribution < 1.29 is 9.53 Å². The largest absolute Gasteiger partial charge is 0.481 e. The smallest absolute Gasteiger partial charge is 0.266 e. The number of hydrogen-bond donors (Lipinski definition) is 1. The summed E-state index contributed by atoms with van der Waals surface area (Å²) in [6.07, 6.45) is -0.599. The summed E-state index contributed by atoms with van der Waals surface area (Å²) in [5.41, 5.74) is 0. The van der Waals surface area contributed by atoms with Gasteiger partial charge in [-0.2, -0.15) is 0 Å². The van der Waals surface area contributed by atoms with E-state index in [9.17, 15) is 4.79 Å². The quantitative estimate of drug-likeness (QED) is 0.616. The molecule has 1 unspecified atom stereocenters. The van der Waals surface area contributed by atoms with Gasteiger partial charge in [-0.25, -0.2) is 0 Å². The van der Waals surface area contributed by atoms with Crippen LogP contribution in [0.1, 0.15) is 20.8 Å². The normalized spacial score (nSPS) is 12.2. The van der Waals surface area contributed by atoms with Gasteiger partial charge in [0.15, 0.2) is 10.4 Å². The maximum absolute atomic E-state index is 12.1. The van der Waals surface area contributed by atoms with Gasteiger partial charge in [-0.05, 0) is 25.0 Å². The van der Waals surface area contributed by atoms with Crippen molar-refractivity contribution in [1.29, 1.82) is 0 Å².